The van der Waals surface area contributed by atoms with E-state index in [0.29, 0.717) is 6.10 Å². The van der Waals surface area contributed by atoms with Crippen molar-refractivity contribution in [3.8, 4) is 5.75 Å². The summed E-state index contributed by atoms with van der Waals surface area (Å²) in [6.45, 7) is 5.61. The van der Waals surface area contributed by atoms with Crippen LogP contribution in [0.3, 0.4) is 0 Å². The number of nitrogens with zero attached hydrogens (tertiary/aromatic N) is 2. The molecule has 0 bridgehead atoms. The van der Waals surface area contributed by atoms with E-state index in [0.717, 1.165) is 49.8 Å². The van der Waals surface area contributed by atoms with Crippen molar-refractivity contribution < 1.29 is 9.47 Å². The molecule has 1 atom stereocenters. The molecule has 1 unspecified atom stereocenters. The molecule has 1 saturated heterocycles. The number of ether oxygens (including phenoxy) is 2. The molecule has 1 fully saturated rings. The van der Waals surface area contributed by atoms with Gasteiger partial charge in [0.05, 0.1) is 18.9 Å². The maximum atomic E-state index is 5.84. The molecule has 0 aliphatic carbocycles. The molecule has 3 rings (SSSR count). The van der Waals surface area contributed by atoms with E-state index in [1.807, 2.05) is 25.1 Å². The third-order valence-electron chi connectivity index (χ3n) is 4.38. The molecule has 0 radical (unpaired) electrons. The number of pyridine rings is 1. The maximum Gasteiger partial charge on any atom is 0.118 e. The summed E-state index contributed by atoms with van der Waals surface area (Å²) in [6.07, 6.45) is 2.66. The van der Waals surface area contributed by atoms with Gasteiger partial charge in [-0.1, -0.05) is 18.2 Å². The molecule has 24 heavy (non-hydrogen) atoms. The molecule has 128 valence electrons. The zero-order valence-electron chi connectivity index (χ0n) is 14.6. The van der Waals surface area contributed by atoms with Crippen LogP contribution in [0.15, 0.2) is 42.5 Å². The topological polar surface area (TPSA) is 34.6 Å². The normalized spacial score (nSPS) is 17.4. The molecule has 0 amide bonds. The van der Waals surface area contributed by atoms with Crippen molar-refractivity contribution in [2.75, 3.05) is 20.3 Å². The zero-order valence-corrected chi connectivity index (χ0v) is 14.6. The Labute approximate surface area is 144 Å². The van der Waals surface area contributed by atoms with Crippen molar-refractivity contribution in [1.82, 2.24) is 9.88 Å². The summed E-state index contributed by atoms with van der Waals surface area (Å²) in [6, 6.07) is 14.5. The minimum atomic E-state index is 0.341. The van der Waals surface area contributed by atoms with Crippen LogP contribution in [-0.2, 0) is 17.8 Å². The molecule has 0 spiro atoms. The Morgan fingerprint density at radius 2 is 2.00 bits per heavy atom. The van der Waals surface area contributed by atoms with E-state index in [-0.39, 0.29) is 0 Å². The second-order valence-corrected chi connectivity index (χ2v) is 6.42. The number of aryl methyl sites for hydroxylation is 1. The Kier molecular flexibility index (Phi) is 5.83. The van der Waals surface area contributed by atoms with Crippen molar-refractivity contribution >= 4 is 0 Å². The third-order valence-corrected chi connectivity index (χ3v) is 4.38. The van der Waals surface area contributed by atoms with Crippen LogP contribution in [0.2, 0.25) is 0 Å². The molecule has 4 heteroatoms. The van der Waals surface area contributed by atoms with Gasteiger partial charge in [-0.05, 0) is 49.6 Å². The molecule has 1 aromatic carbocycles. The minimum Gasteiger partial charge on any atom is -0.497 e. The van der Waals surface area contributed by atoms with Crippen molar-refractivity contribution in [3.63, 3.8) is 0 Å². The highest BCUT2D eigenvalue weighted by Crippen LogP contribution is 2.18. The monoisotopic (exact) mass is 326 g/mol. The Morgan fingerprint density at radius 3 is 2.67 bits per heavy atom. The lowest BCUT2D eigenvalue weighted by atomic mass is 10.1. The van der Waals surface area contributed by atoms with Crippen molar-refractivity contribution in [3.05, 3.63) is 59.4 Å². The molecular weight excluding hydrogens is 300 g/mol. The molecule has 1 aliphatic rings. The fourth-order valence-corrected chi connectivity index (χ4v) is 3.17. The van der Waals surface area contributed by atoms with Gasteiger partial charge in [0.1, 0.15) is 5.75 Å². The number of aromatic nitrogens is 1. The molecular formula is C20H26N2O2. The van der Waals surface area contributed by atoms with Crippen molar-refractivity contribution in [2.24, 2.45) is 0 Å². The Balaban J connectivity index is 1.70. The van der Waals surface area contributed by atoms with Crippen LogP contribution in [0.1, 0.15) is 29.8 Å². The Hall–Kier alpha value is -1.91. The van der Waals surface area contributed by atoms with E-state index in [9.17, 15) is 0 Å². The number of rotatable bonds is 7. The van der Waals surface area contributed by atoms with Gasteiger partial charge in [0.25, 0.3) is 0 Å². The van der Waals surface area contributed by atoms with Crippen LogP contribution in [0.25, 0.3) is 0 Å². The van der Waals surface area contributed by atoms with Gasteiger partial charge in [-0.2, -0.15) is 0 Å². The molecule has 0 N–H and O–H groups in total. The number of hydrogen-bond donors (Lipinski definition) is 0. The molecule has 1 aliphatic heterocycles. The molecule has 4 nitrogen and oxygen atoms in total. The highest BCUT2D eigenvalue weighted by Gasteiger charge is 2.20. The number of benzene rings is 1. The second kappa shape index (κ2) is 8.27. The van der Waals surface area contributed by atoms with Crippen LogP contribution >= 0.6 is 0 Å². The zero-order chi connectivity index (χ0) is 16.8. The van der Waals surface area contributed by atoms with E-state index >= 15 is 0 Å². The first kappa shape index (κ1) is 16.9. The largest absolute Gasteiger partial charge is 0.497 e. The van der Waals surface area contributed by atoms with Gasteiger partial charge in [0, 0.05) is 31.9 Å². The summed E-state index contributed by atoms with van der Waals surface area (Å²) in [7, 11) is 1.70. The first-order valence-corrected chi connectivity index (χ1v) is 8.62. The van der Waals surface area contributed by atoms with E-state index in [4.69, 9.17) is 9.47 Å². The molecule has 2 heterocycles. The average molecular weight is 326 g/mol. The lowest BCUT2D eigenvalue weighted by Gasteiger charge is -2.25. The van der Waals surface area contributed by atoms with E-state index in [1.54, 1.807) is 7.11 Å². The summed E-state index contributed by atoms with van der Waals surface area (Å²) >= 11 is 0. The summed E-state index contributed by atoms with van der Waals surface area (Å²) in [5.41, 5.74) is 3.46. The van der Waals surface area contributed by atoms with Crippen LogP contribution < -0.4 is 4.74 Å². The SMILES string of the molecule is COc1ccc(CN(Cc2cccc(C)n2)CC2CCCO2)cc1. The van der Waals surface area contributed by atoms with Crippen LogP contribution in [0, 0.1) is 6.92 Å². The predicted octanol–water partition coefficient (Wildman–Crippen LogP) is 3.58. The third kappa shape index (κ3) is 4.79. The van der Waals surface area contributed by atoms with Crippen molar-refractivity contribution in [1.29, 1.82) is 0 Å². The van der Waals surface area contributed by atoms with Gasteiger partial charge >= 0.3 is 0 Å². The summed E-state index contributed by atoms with van der Waals surface area (Å²) < 4.78 is 11.1. The first-order valence-electron chi connectivity index (χ1n) is 8.62. The van der Waals surface area contributed by atoms with E-state index < -0.39 is 0 Å². The smallest absolute Gasteiger partial charge is 0.118 e. The standard InChI is InChI=1S/C20H26N2O2/c1-16-5-3-6-18(21-16)14-22(15-20-7-4-12-24-20)13-17-8-10-19(23-2)11-9-17/h3,5-6,8-11,20H,4,7,12-15H2,1-2H3. The van der Waals surface area contributed by atoms with Crippen LogP contribution in [-0.4, -0.2) is 36.2 Å². The maximum absolute atomic E-state index is 5.84. The fraction of sp³-hybridized carbons (Fsp3) is 0.450. The molecule has 0 saturated carbocycles. The van der Waals surface area contributed by atoms with Crippen molar-refractivity contribution in [2.45, 2.75) is 39.0 Å². The first-order chi connectivity index (χ1) is 11.7. The Bertz CT molecular complexity index is 636. The Morgan fingerprint density at radius 1 is 1.17 bits per heavy atom. The van der Waals surface area contributed by atoms with Gasteiger partial charge in [0.15, 0.2) is 0 Å². The minimum absolute atomic E-state index is 0.341. The van der Waals surface area contributed by atoms with Crippen LogP contribution in [0.5, 0.6) is 5.75 Å². The van der Waals surface area contributed by atoms with E-state index in [2.05, 4.69) is 34.1 Å². The average Bonchev–Trinajstić information content (AvgIpc) is 3.08. The number of methoxy groups -OCH3 is 1. The van der Waals surface area contributed by atoms with Crippen LogP contribution in [0.4, 0.5) is 0 Å². The lowest BCUT2D eigenvalue weighted by Crippen LogP contribution is -2.31. The summed E-state index contributed by atoms with van der Waals surface area (Å²) in [5.74, 6) is 0.893. The molecule has 2 aromatic rings. The highest BCUT2D eigenvalue weighted by molar-refractivity contribution is 5.27. The van der Waals surface area contributed by atoms with Gasteiger partial charge in [-0.25, -0.2) is 0 Å². The highest BCUT2D eigenvalue weighted by atomic mass is 16.5. The van der Waals surface area contributed by atoms with E-state index in [1.165, 1.54) is 12.0 Å². The molecule has 1 aromatic heterocycles. The van der Waals surface area contributed by atoms with Gasteiger partial charge in [0.2, 0.25) is 0 Å². The van der Waals surface area contributed by atoms with Gasteiger partial charge < -0.3 is 9.47 Å². The second-order valence-electron chi connectivity index (χ2n) is 6.42. The summed E-state index contributed by atoms with van der Waals surface area (Å²) in [5, 5.41) is 0. The quantitative estimate of drug-likeness (QED) is 0.779. The number of hydrogen-bond acceptors (Lipinski definition) is 4. The lowest BCUT2D eigenvalue weighted by molar-refractivity contribution is 0.0674. The fourth-order valence-electron chi connectivity index (χ4n) is 3.17. The predicted molar refractivity (Wildman–Crippen MR) is 95.1 cm³/mol. The van der Waals surface area contributed by atoms with Gasteiger partial charge in [-0.15, -0.1) is 0 Å². The van der Waals surface area contributed by atoms with Gasteiger partial charge in [-0.3, -0.25) is 9.88 Å². The summed E-state index contributed by atoms with van der Waals surface area (Å²) in [4.78, 5) is 7.08.